The summed E-state index contributed by atoms with van der Waals surface area (Å²) < 4.78 is 0. The molecule has 0 fully saturated rings. The van der Waals surface area contributed by atoms with Gasteiger partial charge in [0.25, 0.3) is 0 Å². The number of halogens is 1. The van der Waals surface area contributed by atoms with Crippen LogP contribution in [-0.2, 0) is 0 Å². The Hall–Kier alpha value is -1.61. The minimum atomic E-state index is 0.402. The highest BCUT2D eigenvalue weighted by atomic mass is 35.5. The number of rotatable bonds is 2. The summed E-state index contributed by atoms with van der Waals surface area (Å²) >= 11 is 5.84. The molecule has 0 spiro atoms. The van der Waals surface area contributed by atoms with Gasteiger partial charge in [0.2, 0.25) is 0 Å². The second kappa shape index (κ2) is 4.72. The number of hydrogen-bond acceptors (Lipinski definition) is 3. The topological polar surface area (TPSA) is 29.0 Å². The van der Waals surface area contributed by atoms with Crippen molar-refractivity contribution in [2.45, 2.75) is 13.8 Å². The van der Waals surface area contributed by atoms with Gasteiger partial charge in [0.05, 0.1) is 12.4 Å². The Labute approximate surface area is 106 Å². The summed E-state index contributed by atoms with van der Waals surface area (Å²) in [6, 6.07) is 6.35. The number of aromatic nitrogens is 2. The van der Waals surface area contributed by atoms with Gasteiger partial charge in [-0.2, -0.15) is 0 Å². The molecule has 0 bridgehead atoms. The van der Waals surface area contributed by atoms with E-state index >= 15 is 0 Å². The maximum atomic E-state index is 5.84. The smallest absolute Gasteiger partial charge is 0.153 e. The van der Waals surface area contributed by atoms with Crippen LogP contribution >= 0.6 is 11.6 Å². The molecule has 4 heteroatoms. The van der Waals surface area contributed by atoms with Gasteiger partial charge in [-0.3, -0.25) is 4.98 Å². The van der Waals surface area contributed by atoms with Crippen LogP contribution in [0.3, 0.4) is 0 Å². The quantitative estimate of drug-likeness (QED) is 0.813. The summed E-state index contributed by atoms with van der Waals surface area (Å²) in [7, 11) is 1.95. The van der Waals surface area contributed by atoms with Gasteiger partial charge < -0.3 is 4.90 Å². The van der Waals surface area contributed by atoms with Gasteiger partial charge in [-0.05, 0) is 37.1 Å². The van der Waals surface area contributed by atoms with Gasteiger partial charge in [0.1, 0.15) is 5.15 Å². The van der Waals surface area contributed by atoms with E-state index in [0.29, 0.717) is 5.15 Å². The first-order valence-corrected chi connectivity index (χ1v) is 5.73. The van der Waals surface area contributed by atoms with Crippen molar-refractivity contribution < 1.29 is 0 Å². The molecular weight excluding hydrogens is 234 g/mol. The summed E-state index contributed by atoms with van der Waals surface area (Å²) in [6.45, 7) is 4.15. The van der Waals surface area contributed by atoms with E-state index in [2.05, 4.69) is 42.0 Å². The minimum Gasteiger partial charge on any atom is -0.328 e. The van der Waals surface area contributed by atoms with Gasteiger partial charge in [-0.15, -0.1) is 0 Å². The number of anilines is 2. The van der Waals surface area contributed by atoms with Crippen LogP contribution in [0.1, 0.15) is 11.1 Å². The van der Waals surface area contributed by atoms with E-state index in [1.54, 1.807) is 6.20 Å². The maximum Gasteiger partial charge on any atom is 0.153 e. The predicted molar refractivity (Wildman–Crippen MR) is 71.0 cm³/mol. The van der Waals surface area contributed by atoms with Crippen LogP contribution in [-0.4, -0.2) is 17.0 Å². The summed E-state index contributed by atoms with van der Waals surface area (Å²) in [4.78, 5) is 10.2. The lowest BCUT2D eigenvalue weighted by atomic mass is 10.1. The largest absolute Gasteiger partial charge is 0.328 e. The second-order valence-corrected chi connectivity index (χ2v) is 4.49. The summed E-state index contributed by atoms with van der Waals surface area (Å²) in [5.41, 5.74) is 3.53. The fraction of sp³-hybridized carbons (Fsp3) is 0.231. The third-order valence-corrected chi connectivity index (χ3v) is 2.71. The third-order valence-electron chi connectivity index (χ3n) is 2.53. The van der Waals surface area contributed by atoms with Crippen molar-refractivity contribution in [3.63, 3.8) is 0 Å². The van der Waals surface area contributed by atoms with Crippen LogP contribution in [0, 0.1) is 13.8 Å². The van der Waals surface area contributed by atoms with Crippen molar-refractivity contribution in [3.05, 3.63) is 46.9 Å². The molecule has 88 valence electrons. The molecule has 1 heterocycles. The van der Waals surface area contributed by atoms with Crippen molar-refractivity contribution in [1.82, 2.24) is 9.97 Å². The van der Waals surface area contributed by atoms with E-state index < -0.39 is 0 Å². The zero-order chi connectivity index (χ0) is 12.4. The van der Waals surface area contributed by atoms with Crippen LogP contribution < -0.4 is 4.90 Å². The Morgan fingerprint density at radius 1 is 1.06 bits per heavy atom. The molecule has 0 unspecified atom stereocenters. The Balaban J connectivity index is 2.39. The molecule has 0 N–H and O–H groups in total. The van der Waals surface area contributed by atoms with E-state index in [1.165, 1.54) is 17.3 Å². The molecule has 3 nitrogen and oxygen atoms in total. The summed E-state index contributed by atoms with van der Waals surface area (Å²) in [5, 5.41) is 0.402. The molecule has 2 rings (SSSR count). The highest BCUT2D eigenvalue weighted by Gasteiger charge is 2.07. The van der Waals surface area contributed by atoms with Gasteiger partial charge in [-0.25, -0.2) is 4.98 Å². The fourth-order valence-electron chi connectivity index (χ4n) is 1.77. The maximum absolute atomic E-state index is 5.84. The van der Waals surface area contributed by atoms with Crippen molar-refractivity contribution in [1.29, 1.82) is 0 Å². The molecule has 0 amide bonds. The molecular formula is C13H14ClN3. The second-order valence-electron chi connectivity index (χ2n) is 4.10. The SMILES string of the molecule is Cc1cc(C)cc(N(C)c2cncc(Cl)n2)c1. The van der Waals surface area contributed by atoms with Crippen molar-refractivity contribution in [2.75, 3.05) is 11.9 Å². The molecule has 0 aliphatic carbocycles. The minimum absolute atomic E-state index is 0.402. The molecule has 1 aromatic carbocycles. The average molecular weight is 248 g/mol. The normalized spacial score (nSPS) is 10.4. The van der Waals surface area contributed by atoms with E-state index in [-0.39, 0.29) is 0 Å². The molecule has 0 aliphatic heterocycles. The highest BCUT2D eigenvalue weighted by molar-refractivity contribution is 6.29. The molecule has 0 atom stereocenters. The molecule has 2 aromatic rings. The molecule has 0 saturated heterocycles. The van der Waals surface area contributed by atoms with Crippen LogP contribution in [0.2, 0.25) is 5.15 Å². The first-order chi connectivity index (χ1) is 8.06. The van der Waals surface area contributed by atoms with Gasteiger partial charge >= 0.3 is 0 Å². The Bertz CT molecular complexity index is 520. The standard InChI is InChI=1S/C13H14ClN3/c1-9-4-10(2)6-11(5-9)17(3)13-8-15-7-12(14)16-13/h4-8H,1-3H3. The van der Waals surface area contributed by atoms with E-state index in [1.807, 2.05) is 11.9 Å². The average Bonchev–Trinajstić information content (AvgIpc) is 2.26. The lowest BCUT2D eigenvalue weighted by Crippen LogP contribution is -2.11. The lowest BCUT2D eigenvalue weighted by molar-refractivity contribution is 1.08. The molecule has 17 heavy (non-hydrogen) atoms. The Morgan fingerprint density at radius 2 is 1.71 bits per heavy atom. The molecule has 0 aliphatic rings. The zero-order valence-corrected chi connectivity index (χ0v) is 10.9. The zero-order valence-electron chi connectivity index (χ0n) is 10.1. The Kier molecular flexibility index (Phi) is 3.29. The van der Waals surface area contributed by atoms with E-state index in [9.17, 15) is 0 Å². The third kappa shape index (κ3) is 2.74. The molecule has 1 aromatic heterocycles. The highest BCUT2D eigenvalue weighted by Crippen LogP contribution is 2.24. The van der Waals surface area contributed by atoms with Crippen molar-refractivity contribution in [2.24, 2.45) is 0 Å². The van der Waals surface area contributed by atoms with Crippen molar-refractivity contribution in [3.8, 4) is 0 Å². The monoisotopic (exact) mass is 247 g/mol. The molecule has 0 radical (unpaired) electrons. The van der Waals surface area contributed by atoms with Crippen LogP contribution in [0.15, 0.2) is 30.6 Å². The van der Waals surface area contributed by atoms with E-state index in [4.69, 9.17) is 11.6 Å². The first kappa shape index (κ1) is 11.9. The van der Waals surface area contributed by atoms with Crippen LogP contribution in [0.25, 0.3) is 0 Å². The van der Waals surface area contributed by atoms with Crippen LogP contribution in [0.5, 0.6) is 0 Å². The van der Waals surface area contributed by atoms with E-state index in [0.717, 1.165) is 11.5 Å². The molecule has 0 saturated carbocycles. The number of nitrogens with zero attached hydrogens (tertiary/aromatic N) is 3. The summed E-state index contributed by atoms with van der Waals surface area (Å²) in [6.07, 6.45) is 3.23. The van der Waals surface area contributed by atoms with Gasteiger partial charge in [-0.1, -0.05) is 17.7 Å². The van der Waals surface area contributed by atoms with Crippen LogP contribution in [0.4, 0.5) is 11.5 Å². The fourth-order valence-corrected chi connectivity index (χ4v) is 1.91. The number of hydrogen-bond donors (Lipinski definition) is 0. The van der Waals surface area contributed by atoms with Gasteiger partial charge in [0, 0.05) is 12.7 Å². The van der Waals surface area contributed by atoms with Gasteiger partial charge in [0.15, 0.2) is 5.82 Å². The number of aryl methyl sites for hydroxylation is 2. The summed E-state index contributed by atoms with van der Waals surface area (Å²) in [5.74, 6) is 0.738. The number of benzene rings is 1. The van der Waals surface area contributed by atoms with Crippen molar-refractivity contribution >= 4 is 23.1 Å². The first-order valence-electron chi connectivity index (χ1n) is 5.36. The Morgan fingerprint density at radius 3 is 2.29 bits per heavy atom. The lowest BCUT2D eigenvalue weighted by Gasteiger charge is -2.19. The predicted octanol–water partition coefficient (Wildman–Crippen LogP) is 3.51.